The molecule has 1 amide bonds. The third-order valence-corrected chi connectivity index (χ3v) is 3.83. The molecular weight excluding hydrogens is 266 g/mol. The highest BCUT2D eigenvalue weighted by molar-refractivity contribution is 5.80. The third-order valence-electron chi connectivity index (χ3n) is 3.83. The largest absolute Gasteiger partial charge is 0.484 e. The lowest BCUT2D eigenvalue weighted by atomic mass is 10.0. The molecule has 4 heteroatoms. The summed E-state index contributed by atoms with van der Waals surface area (Å²) in [4.78, 5) is 25.7. The normalized spacial score (nSPS) is 18.9. The molecule has 1 heterocycles. The Morgan fingerprint density at radius 1 is 1.19 bits per heavy atom. The van der Waals surface area contributed by atoms with Crippen LogP contribution in [0.3, 0.4) is 0 Å². The molecule has 21 heavy (non-hydrogen) atoms. The number of likely N-dealkylation sites (tertiary alicyclic amines) is 1. The minimum atomic E-state index is -0.0213. The van der Waals surface area contributed by atoms with Crippen LogP contribution in [0.25, 0.3) is 0 Å². The summed E-state index contributed by atoms with van der Waals surface area (Å²) in [6, 6.07) is 9.38. The van der Waals surface area contributed by atoms with Crippen LogP contribution in [-0.4, -0.2) is 35.8 Å². The average molecular weight is 289 g/mol. The fourth-order valence-corrected chi connectivity index (χ4v) is 2.79. The van der Waals surface area contributed by atoms with Crippen molar-refractivity contribution in [1.29, 1.82) is 0 Å². The first-order valence-electron chi connectivity index (χ1n) is 7.63. The van der Waals surface area contributed by atoms with E-state index in [0.717, 1.165) is 32.2 Å². The van der Waals surface area contributed by atoms with E-state index in [2.05, 4.69) is 0 Å². The summed E-state index contributed by atoms with van der Waals surface area (Å²) in [7, 11) is 0. The van der Waals surface area contributed by atoms with Gasteiger partial charge in [0.1, 0.15) is 11.5 Å². The highest BCUT2D eigenvalue weighted by Crippen LogP contribution is 2.20. The Labute approximate surface area is 126 Å². The Bertz CT molecular complexity index is 472. The van der Waals surface area contributed by atoms with E-state index in [1.807, 2.05) is 35.2 Å². The number of benzene rings is 1. The highest BCUT2D eigenvalue weighted by Gasteiger charge is 2.26. The Hall–Kier alpha value is -1.84. The number of para-hydroxylation sites is 1. The van der Waals surface area contributed by atoms with Crippen molar-refractivity contribution < 1.29 is 14.3 Å². The lowest BCUT2D eigenvalue weighted by Gasteiger charge is -2.29. The topological polar surface area (TPSA) is 46.6 Å². The van der Waals surface area contributed by atoms with Crippen molar-refractivity contribution in [2.24, 2.45) is 0 Å². The summed E-state index contributed by atoms with van der Waals surface area (Å²) < 4.78 is 5.54. The Kier molecular flexibility index (Phi) is 5.78. The van der Waals surface area contributed by atoms with Gasteiger partial charge in [0.25, 0.3) is 5.91 Å². The summed E-state index contributed by atoms with van der Waals surface area (Å²) in [5.74, 6) is 0.819. The van der Waals surface area contributed by atoms with Crippen LogP contribution in [-0.2, 0) is 9.59 Å². The van der Waals surface area contributed by atoms with Gasteiger partial charge >= 0.3 is 0 Å². The van der Waals surface area contributed by atoms with E-state index in [0.29, 0.717) is 12.2 Å². The van der Waals surface area contributed by atoms with E-state index in [1.54, 1.807) is 6.92 Å². The molecule has 0 saturated carbocycles. The van der Waals surface area contributed by atoms with Crippen LogP contribution in [0.4, 0.5) is 0 Å². The molecule has 0 radical (unpaired) electrons. The highest BCUT2D eigenvalue weighted by atomic mass is 16.5. The number of rotatable bonds is 5. The van der Waals surface area contributed by atoms with Gasteiger partial charge in [0.2, 0.25) is 0 Å². The van der Waals surface area contributed by atoms with E-state index in [1.165, 1.54) is 0 Å². The van der Waals surface area contributed by atoms with Gasteiger partial charge < -0.3 is 9.64 Å². The molecule has 1 aliphatic heterocycles. The second-order valence-corrected chi connectivity index (χ2v) is 5.60. The van der Waals surface area contributed by atoms with Crippen LogP contribution in [0, 0.1) is 0 Å². The first kappa shape index (κ1) is 15.5. The Balaban J connectivity index is 1.95. The van der Waals surface area contributed by atoms with E-state index < -0.39 is 0 Å². The van der Waals surface area contributed by atoms with Gasteiger partial charge in [0.05, 0.1) is 0 Å². The summed E-state index contributed by atoms with van der Waals surface area (Å²) in [6.07, 6.45) is 4.58. The molecule has 1 aromatic carbocycles. The summed E-state index contributed by atoms with van der Waals surface area (Å²) in [5.41, 5.74) is 0. The zero-order valence-electron chi connectivity index (χ0n) is 12.6. The number of amides is 1. The number of carbonyl (C=O) groups excluding carboxylic acids is 2. The van der Waals surface area contributed by atoms with Crippen LogP contribution in [0.2, 0.25) is 0 Å². The van der Waals surface area contributed by atoms with E-state index in [-0.39, 0.29) is 24.3 Å². The zero-order valence-corrected chi connectivity index (χ0v) is 12.6. The summed E-state index contributed by atoms with van der Waals surface area (Å²) in [5, 5.41) is 0. The zero-order chi connectivity index (χ0) is 15.1. The molecule has 1 aliphatic rings. The predicted octanol–water partition coefficient (Wildman–Crippen LogP) is 2.82. The van der Waals surface area contributed by atoms with E-state index in [4.69, 9.17) is 4.74 Å². The van der Waals surface area contributed by atoms with Gasteiger partial charge in [-0.1, -0.05) is 31.0 Å². The van der Waals surface area contributed by atoms with Crippen molar-refractivity contribution in [3.63, 3.8) is 0 Å². The van der Waals surface area contributed by atoms with Gasteiger partial charge in [0, 0.05) is 19.0 Å². The van der Waals surface area contributed by atoms with Crippen molar-refractivity contribution in [2.75, 3.05) is 13.2 Å². The molecule has 1 aromatic rings. The molecule has 0 spiro atoms. The maximum absolute atomic E-state index is 12.4. The first-order chi connectivity index (χ1) is 10.2. The van der Waals surface area contributed by atoms with Crippen molar-refractivity contribution in [2.45, 2.75) is 45.1 Å². The minimum Gasteiger partial charge on any atom is -0.484 e. The summed E-state index contributed by atoms with van der Waals surface area (Å²) in [6.45, 7) is 2.36. The van der Waals surface area contributed by atoms with Crippen LogP contribution in [0.1, 0.15) is 39.0 Å². The van der Waals surface area contributed by atoms with Gasteiger partial charge in [-0.25, -0.2) is 0 Å². The smallest absolute Gasteiger partial charge is 0.260 e. The maximum Gasteiger partial charge on any atom is 0.260 e. The van der Waals surface area contributed by atoms with Crippen LogP contribution >= 0.6 is 0 Å². The molecule has 1 unspecified atom stereocenters. The third kappa shape index (κ3) is 4.88. The minimum absolute atomic E-state index is 0.0213. The molecule has 0 aliphatic carbocycles. The fourth-order valence-electron chi connectivity index (χ4n) is 2.79. The second kappa shape index (κ2) is 7.81. The average Bonchev–Trinajstić information content (AvgIpc) is 2.71. The van der Waals surface area contributed by atoms with Crippen LogP contribution in [0.5, 0.6) is 5.75 Å². The number of nitrogens with zero attached hydrogens (tertiary/aromatic N) is 1. The van der Waals surface area contributed by atoms with Gasteiger partial charge in [-0.2, -0.15) is 0 Å². The Morgan fingerprint density at radius 2 is 1.95 bits per heavy atom. The summed E-state index contributed by atoms with van der Waals surface area (Å²) >= 11 is 0. The number of ether oxygens (including phenoxy) is 1. The molecule has 114 valence electrons. The molecule has 0 aromatic heterocycles. The number of carbonyl (C=O) groups is 2. The predicted molar refractivity (Wildman–Crippen MR) is 81.2 cm³/mol. The lowest BCUT2D eigenvalue weighted by Crippen LogP contribution is -2.43. The van der Waals surface area contributed by atoms with Gasteiger partial charge in [-0.3, -0.25) is 9.59 Å². The maximum atomic E-state index is 12.4. The van der Waals surface area contributed by atoms with Crippen molar-refractivity contribution in [3.05, 3.63) is 30.3 Å². The van der Waals surface area contributed by atoms with Gasteiger partial charge in [-0.05, 0) is 31.9 Å². The van der Waals surface area contributed by atoms with E-state index in [9.17, 15) is 9.59 Å². The quantitative estimate of drug-likeness (QED) is 0.837. The number of ketones is 1. The molecule has 0 N–H and O–H groups in total. The fraction of sp³-hybridized carbons (Fsp3) is 0.529. The van der Waals surface area contributed by atoms with E-state index >= 15 is 0 Å². The van der Waals surface area contributed by atoms with Crippen LogP contribution < -0.4 is 4.74 Å². The van der Waals surface area contributed by atoms with Crippen molar-refractivity contribution >= 4 is 11.7 Å². The van der Waals surface area contributed by atoms with Crippen molar-refractivity contribution in [3.8, 4) is 5.75 Å². The standard InChI is InChI=1S/C17H23NO3/c1-14(19)12-15-8-4-3-7-11-18(15)17(20)13-21-16-9-5-2-6-10-16/h2,5-6,9-10,15H,3-4,7-8,11-13H2,1H3. The number of hydrogen-bond acceptors (Lipinski definition) is 3. The monoisotopic (exact) mass is 289 g/mol. The lowest BCUT2D eigenvalue weighted by molar-refractivity contribution is -0.136. The molecule has 2 rings (SSSR count). The molecular formula is C17H23NO3. The number of Topliss-reactive ketones (excluding diaryl/α,β-unsaturated/α-hetero) is 1. The Morgan fingerprint density at radius 3 is 2.67 bits per heavy atom. The molecule has 1 fully saturated rings. The first-order valence-corrected chi connectivity index (χ1v) is 7.63. The molecule has 1 atom stereocenters. The van der Waals surface area contributed by atoms with Gasteiger partial charge in [-0.15, -0.1) is 0 Å². The van der Waals surface area contributed by atoms with Crippen molar-refractivity contribution in [1.82, 2.24) is 4.90 Å². The number of hydrogen-bond donors (Lipinski definition) is 0. The molecule has 0 bridgehead atoms. The molecule has 1 saturated heterocycles. The van der Waals surface area contributed by atoms with Crippen LogP contribution in [0.15, 0.2) is 30.3 Å². The van der Waals surface area contributed by atoms with Gasteiger partial charge in [0.15, 0.2) is 6.61 Å². The SMILES string of the molecule is CC(=O)CC1CCCCCN1C(=O)COc1ccccc1. The second-order valence-electron chi connectivity index (χ2n) is 5.60. The molecule has 4 nitrogen and oxygen atoms in total.